The summed E-state index contributed by atoms with van der Waals surface area (Å²) in [5.41, 5.74) is 2.39. The van der Waals surface area contributed by atoms with E-state index in [1.54, 1.807) is 18.2 Å². The summed E-state index contributed by atoms with van der Waals surface area (Å²) in [6.07, 6.45) is -4.40. The molecule has 1 amide bonds. The molecular weight excluding hydrogens is 361 g/mol. The number of benzene rings is 2. The number of amides is 1. The van der Waals surface area contributed by atoms with Gasteiger partial charge in [0.25, 0.3) is 0 Å². The van der Waals surface area contributed by atoms with Gasteiger partial charge in [0.2, 0.25) is 5.91 Å². The number of nitrogens with zero attached hydrogens (tertiary/aromatic N) is 1. The highest BCUT2D eigenvalue weighted by molar-refractivity contribution is 9.10. The molecule has 1 atom stereocenters. The van der Waals surface area contributed by atoms with Gasteiger partial charge in [-0.3, -0.25) is 10.2 Å². The molecule has 3 rings (SSSR count). The lowest BCUT2D eigenvalue weighted by Crippen LogP contribution is -2.43. The molecule has 1 heterocycles. The molecule has 1 aliphatic heterocycles. The standard InChI is InChI=1S/C15H12BrF3N2O/c16-12-3-1-2-9-8-10(4-5-11(9)12)14(15(17,18)19)21-7-6-13(22)20-21/h1-5,8,14H,6-7H2,(H,20,22). The van der Waals surface area contributed by atoms with Crippen molar-refractivity contribution < 1.29 is 18.0 Å². The summed E-state index contributed by atoms with van der Waals surface area (Å²) in [5.74, 6) is -0.391. The normalized spacial score (nSPS) is 17.7. The maximum absolute atomic E-state index is 13.5. The van der Waals surface area contributed by atoms with Gasteiger partial charge in [0, 0.05) is 17.4 Å². The van der Waals surface area contributed by atoms with Gasteiger partial charge in [-0.05, 0) is 28.5 Å². The summed E-state index contributed by atoms with van der Waals surface area (Å²) >= 11 is 3.38. The maximum Gasteiger partial charge on any atom is 0.409 e. The fourth-order valence-electron chi connectivity index (χ4n) is 2.67. The van der Waals surface area contributed by atoms with Gasteiger partial charge in [0.05, 0.1) is 0 Å². The number of carbonyl (C=O) groups excluding carboxylic acids is 1. The van der Waals surface area contributed by atoms with E-state index >= 15 is 0 Å². The number of hydrazine groups is 1. The Morgan fingerprint density at radius 1 is 1.23 bits per heavy atom. The average molecular weight is 373 g/mol. The van der Waals surface area contributed by atoms with Gasteiger partial charge < -0.3 is 0 Å². The van der Waals surface area contributed by atoms with Crippen LogP contribution in [0.1, 0.15) is 18.0 Å². The van der Waals surface area contributed by atoms with E-state index in [0.717, 1.165) is 14.9 Å². The van der Waals surface area contributed by atoms with Crippen LogP contribution in [-0.2, 0) is 4.79 Å². The molecule has 1 unspecified atom stereocenters. The Morgan fingerprint density at radius 3 is 2.64 bits per heavy atom. The SMILES string of the molecule is O=C1CCN(C(c2ccc3c(Br)cccc3c2)C(F)(F)F)N1. The third-order valence-electron chi connectivity index (χ3n) is 3.64. The molecule has 2 aromatic carbocycles. The van der Waals surface area contributed by atoms with Crippen molar-refractivity contribution in [3.63, 3.8) is 0 Å². The minimum Gasteiger partial charge on any atom is -0.288 e. The van der Waals surface area contributed by atoms with Crippen LogP contribution in [0.15, 0.2) is 40.9 Å². The van der Waals surface area contributed by atoms with Crippen molar-refractivity contribution >= 4 is 32.6 Å². The van der Waals surface area contributed by atoms with E-state index in [0.29, 0.717) is 5.39 Å². The van der Waals surface area contributed by atoms with Gasteiger partial charge in [-0.25, -0.2) is 5.01 Å². The summed E-state index contributed by atoms with van der Waals surface area (Å²) in [6, 6.07) is 8.16. The van der Waals surface area contributed by atoms with Gasteiger partial charge in [-0.1, -0.05) is 40.2 Å². The van der Waals surface area contributed by atoms with Crippen LogP contribution in [0.4, 0.5) is 13.2 Å². The van der Waals surface area contributed by atoms with E-state index in [1.165, 1.54) is 12.1 Å². The zero-order valence-electron chi connectivity index (χ0n) is 11.3. The number of nitrogens with one attached hydrogen (secondary N) is 1. The van der Waals surface area contributed by atoms with E-state index < -0.39 is 18.1 Å². The first-order chi connectivity index (χ1) is 10.4. The van der Waals surface area contributed by atoms with Crippen molar-refractivity contribution in [2.75, 3.05) is 6.54 Å². The molecule has 7 heteroatoms. The third-order valence-corrected chi connectivity index (χ3v) is 4.33. The van der Waals surface area contributed by atoms with Gasteiger partial charge in [-0.15, -0.1) is 0 Å². The van der Waals surface area contributed by atoms with Crippen LogP contribution < -0.4 is 5.43 Å². The molecule has 0 spiro atoms. The summed E-state index contributed by atoms with van der Waals surface area (Å²) < 4.78 is 41.2. The molecule has 0 aliphatic carbocycles. The van der Waals surface area contributed by atoms with Crippen LogP contribution >= 0.6 is 15.9 Å². The van der Waals surface area contributed by atoms with E-state index in [9.17, 15) is 18.0 Å². The molecule has 1 aliphatic rings. The number of alkyl halides is 3. The van der Waals surface area contributed by atoms with Gasteiger partial charge >= 0.3 is 6.18 Å². The fourth-order valence-corrected chi connectivity index (χ4v) is 3.18. The van der Waals surface area contributed by atoms with E-state index in [-0.39, 0.29) is 18.5 Å². The molecule has 1 saturated heterocycles. The molecule has 0 bridgehead atoms. The fraction of sp³-hybridized carbons (Fsp3) is 0.267. The highest BCUT2D eigenvalue weighted by Gasteiger charge is 2.46. The quantitative estimate of drug-likeness (QED) is 0.865. The molecule has 0 saturated carbocycles. The Bertz CT molecular complexity index is 732. The molecule has 22 heavy (non-hydrogen) atoms. The maximum atomic E-state index is 13.5. The van der Waals surface area contributed by atoms with Crippen LogP contribution in [0.2, 0.25) is 0 Å². The summed E-state index contributed by atoms with van der Waals surface area (Å²) in [6.45, 7) is 0.0412. The Labute approximate surface area is 133 Å². The number of hydrogen-bond donors (Lipinski definition) is 1. The smallest absolute Gasteiger partial charge is 0.288 e. The first-order valence-electron chi connectivity index (χ1n) is 6.67. The largest absolute Gasteiger partial charge is 0.409 e. The Kier molecular flexibility index (Phi) is 3.86. The summed E-state index contributed by atoms with van der Waals surface area (Å²) in [5, 5.41) is 2.52. The van der Waals surface area contributed by atoms with E-state index in [1.807, 2.05) is 6.07 Å². The predicted octanol–water partition coefficient (Wildman–Crippen LogP) is 3.94. The molecular formula is C15H12BrF3N2O. The first-order valence-corrected chi connectivity index (χ1v) is 7.46. The summed E-state index contributed by atoms with van der Waals surface area (Å²) in [4.78, 5) is 11.2. The van der Waals surface area contributed by atoms with Crippen LogP contribution in [0.3, 0.4) is 0 Å². The van der Waals surface area contributed by atoms with Crippen LogP contribution in [-0.4, -0.2) is 23.6 Å². The van der Waals surface area contributed by atoms with E-state index in [4.69, 9.17) is 0 Å². The van der Waals surface area contributed by atoms with Crippen LogP contribution in [0, 0.1) is 0 Å². The highest BCUT2D eigenvalue weighted by Crippen LogP contribution is 2.39. The van der Waals surface area contributed by atoms with Gasteiger partial charge in [0.1, 0.15) is 6.04 Å². The topological polar surface area (TPSA) is 32.3 Å². The van der Waals surface area contributed by atoms with Gasteiger partial charge in [-0.2, -0.15) is 13.2 Å². The Balaban J connectivity index is 2.06. The van der Waals surface area contributed by atoms with Crippen molar-refractivity contribution in [2.24, 2.45) is 0 Å². The average Bonchev–Trinajstić information content (AvgIpc) is 2.83. The predicted molar refractivity (Wildman–Crippen MR) is 79.9 cm³/mol. The number of carbonyl (C=O) groups is 1. The molecule has 1 N–H and O–H groups in total. The molecule has 1 fully saturated rings. The number of fused-ring (bicyclic) bond motifs is 1. The van der Waals surface area contributed by atoms with Crippen molar-refractivity contribution in [2.45, 2.75) is 18.6 Å². The van der Waals surface area contributed by atoms with Crippen molar-refractivity contribution in [1.29, 1.82) is 0 Å². The second-order valence-corrected chi connectivity index (χ2v) is 6.00. The minimum atomic E-state index is -4.47. The molecule has 116 valence electrons. The minimum absolute atomic E-state index is 0.0412. The third kappa shape index (κ3) is 2.83. The first kappa shape index (κ1) is 15.3. The lowest BCUT2D eigenvalue weighted by molar-refractivity contribution is -0.191. The number of halogens is 4. The molecule has 0 aromatic heterocycles. The van der Waals surface area contributed by atoms with Crippen LogP contribution in [0.5, 0.6) is 0 Å². The zero-order chi connectivity index (χ0) is 15.9. The Morgan fingerprint density at radius 2 is 2.00 bits per heavy atom. The second kappa shape index (κ2) is 5.55. The second-order valence-electron chi connectivity index (χ2n) is 5.14. The summed E-state index contributed by atoms with van der Waals surface area (Å²) in [7, 11) is 0. The van der Waals surface area contributed by atoms with Gasteiger partial charge in [0.15, 0.2) is 0 Å². The Hall–Kier alpha value is -1.60. The van der Waals surface area contributed by atoms with Crippen molar-refractivity contribution in [1.82, 2.24) is 10.4 Å². The zero-order valence-corrected chi connectivity index (χ0v) is 12.9. The lowest BCUT2D eigenvalue weighted by Gasteiger charge is -2.29. The lowest BCUT2D eigenvalue weighted by atomic mass is 10.0. The van der Waals surface area contributed by atoms with E-state index in [2.05, 4.69) is 21.4 Å². The van der Waals surface area contributed by atoms with Crippen molar-refractivity contribution in [3.05, 3.63) is 46.4 Å². The molecule has 3 nitrogen and oxygen atoms in total. The number of rotatable bonds is 2. The molecule has 0 radical (unpaired) electrons. The van der Waals surface area contributed by atoms with Crippen molar-refractivity contribution in [3.8, 4) is 0 Å². The van der Waals surface area contributed by atoms with Crippen LogP contribution in [0.25, 0.3) is 10.8 Å². The monoisotopic (exact) mass is 372 g/mol. The number of hydrogen-bond acceptors (Lipinski definition) is 2. The highest BCUT2D eigenvalue weighted by atomic mass is 79.9. The molecule has 2 aromatic rings.